The van der Waals surface area contributed by atoms with Gasteiger partial charge in [-0.2, -0.15) is 10.1 Å². The first-order valence-electron chi connectivity index (χ1n) is 8.36. The fourth-order valence-corrected chi connectivity index (χ4v) is 3.38. The minimum absolute atomic E-state index is 0.326. The summed E-state index contributed by atoms with van der Waals surface area (Å²) >= 11 is 0. The summed E-state index contributed by atoms with van der Waals surface area (Å²) < 4.78 is 22.9. The van der Waals surface area contributed by atoms with Crippen LogP contribution in [0.1, 0.15) is 30.3 Å². The molecule has 26 heavy (non-hydrogen) atoms. The molecule has 4 aromatic rings. The van der Waals surface area contributed by atoms with Crippen molar-refractivity contribution in [2.75, 3.05) is 0 Å². The molecule has 2 aliphatic rings. The average Bonchev–Trinajstić information content (AvgIpc) is 3.06. The van der Waals surface area contributed by atoms with Crippen LogP contribution in [0.5, 0.6) is 0 Å². The SMILES string of the molecule is Fc1ccc2c(c1)-c1ncnn1Cc1c(-c3nc(C4CC4)no3)ncn1-2. The average molecular weight is 349 g/mol. The highest BCUT2D eigenvalue weighted by molar-refractivity contribution is 5.70. The van der Waals surface area contributed by atoms with Crippen LogP contribution >= 0.6 is 0 Å². The Kier molecular flexibility index (Phi) is 2.58. The van der Waals surface area contributed by atoms with Crippen molar-refractivity contribution in [3.05, 3.63) is 48.2 Å². The van der Waals surface area contributed by atoms with Crippen molar-refractivity contribution in [1.82, 2.24) is 34.5 Å². The molecule has 1 aliphatic carbocycles. The van der Waals surface area contributed by atoms with Gasteiger partial charge < -0.3 is 4.52 Å². The van der Waals surface area contributed by atoms with Gasteiger partial charge >= 0.3 is 0 Å². The quantitative estimate of drug-likeness (QED) is 0.487. The van der Waals surface area contributed by atoms with Crippen LogP contribution in [0.2, 0.25) is 0 Å². The largest absolute Gasteiger partial charge is 0.332 e. The Morgan fingerprint density at radius 3 is 3.00 bits per heavy atom. The van der Waals surface area contributed by atoms with Gasteiger partial charge in [-0.3, -0.25) is 4.57 Å². The maximum absolute atomic E-state index is 13.8. The molecule has 0 bridgehead atoms. The van der Waals surface area contributed by atoms with Crippen LogP contribution in [-0.4, -0.2) is 34.5 Å². The fraction of sp³-hybridized carbons (Fsp3) is 0.235. The van der Waals surface area contributed by atoms with Gasteiger partial charge in [-0.1, -0.05) is 5.16 Å². The van der Waals surface area contributed by atoms with Crippen LogP contribution < -0.4 is 0 Å². The van der Waals surface area contributed by atoms with E-state index in [-0.39, 0.29) is 5.82 Å². The summed E-state index contributed by atoms with van der Waals surface area (Å²) in [4.78, 5) is 13.3. The van der Waals surface area contributed by atoms with Gasteiger partial charge in [-0.25, -0.2) is 19.0 Å². The van der Waals surface area contributed by atoms with Crippen LogP contribution in [0.15, 0.2) is 35.4 Å². The first-order chi connectivity index (χ1) is 12.8. The maximum atomic E-state index is 13.8. The summed E-state index contributed by atoms with van der Waals surface area (Å²) in [6.45, 7) is 0.419. The third kappa shape index (κ3) is 1.91. The molecule has 1 aliphatic heterocycles. The smallest absolute Gasteiger partial charge is 0.278 e. The number of rotatable bonds is 2. The highest BCUT2D eigenvalue weighted by Crippen LogP contribution is 2.39. The predicted molar refractivity (Wildman–Crippen MR) is 86.9 cm³/mol. The highest BCUT2D eigenvalue weighted by Gasteiger charge is 2.31. The lowest BCUT2D eigenvalue weighted by Crippen LogP contribution is -2.05. The first kappa shape index (κ1) is 13.9. The molecule has 1 saturated carbocycles. The zero-order valence-electron chi connectivity index (χ0n) is 13.5. The molecule has 0 amide bonds. The molecular formula is C17H12FN7O. The third-order valence-corrected chi connectivity index (χ3v) is 4.83. The summed E-state index contributed by atoms with van der Waals surface area (Å²) in [5.41, 5.74) is 2.90. The van der Waals surface area contributed by atoms with Crippen molar-refractivity contribution in [1.29, 1.82) is 0 Å². The summed E-state index contributed by atoms with van der Waals surface area (Å²) in [7, 11) is 0. The van der Waals surface area contributed by atoms with Crippen molar-refractivity contribution < 1.29 is 8.91 Å². The Balaban J connectivity index is 1.57. The number of fused-ring (bicyclic) bond motifs is 5. The molecule has 128 valence electrons. The van der Waals surface area contributed by atoms with Gasteiger partial charge in [-0.15, -0.1) is 0 Å². The van der Waals surface area contributed by atoms with Gasteiger partial charge in [0.1, 0.15) is 18.5 Å². The van der Waals surface area contributed by atoms with Gasteiger partial charge in [-0.05, 0) is 31.0 Å². The van der Waals surface area contributed by atoms with Gasteiger partial charge in [0.15, 0.2) is 17.3 Å². The molecule has 3 aromatic heterocycles. The highest BCUT2D eigenvalue weighted by atomic mass is 19.1. The number of hydrogen-bond donors (Lipinski definition) is 0. The van der Waals surface area contributed by atoms with Gasteiger partial charge in [0.05, 0.1) is 17.9 Å². The van der Waals surface area contributed by atoms with Gasteiger partial charge in [0.25, 0.3) is 5.89 Å². The maximum Gasteiger partial charge on any atom is 0.278 e. The molecule has 0 spiro atoms. The van der Waals surface area contributed by atoms with E-state index in [9.17, 15) is 4.39 Å². The second-order valence-electron chi connectivity index (χ2n) is 6.54. The lowest BCUT2D eigenvalue weighted by atomic mass is 10.1. The van der Waals surface area contributed by atoms with E-state index in [4.69, 9.17) is 4.52 Å². The number of halogens is 1. The minimum atomic E-state index is -0.326. The number of benzene rings is 1. The van der Waals surface area contributed by atoms with Crippen molar-refractivity contribution in [2.45, 2.75) is 25.3 Å². The lowest BCUT2D eigenvalue weighted by molar-refractivity contribution is 0.421. The van der Waals surface area contributed by atoms with Crippen LogP contribution in [0.25, 0.3) is 28.7 Å². The van der Waals surface area contributed by atoms with Crippen molar-refractivity contribution >= 4 is 0 Å². The van der Waals surface area contributed by atoms with E-state index in [1.807, 2.05) is 4.57 Å². The number of aromatic nitrogens is 7. The zero-order valence-corrected chi connectivity index (χ0v) is 13.5. The van der Waals surface area contributed by atoms with Crippen molar-refractivity contribution in [3.8, 4) is 28.7 Å². The van der Waals surface area contributed by atoms with E-state index >= 15 is 0 Å². The standard InChI is InChI=1S/C17H12FN7O/c18-10-3-4-12-11(5-10)16-19-7-21-25(16)6-13-14(20-8-24(12)13)17-22-15(23-26-17)9-1-2-9/h3-5,7-9H,1-2,6H2. The molecule has 4 heterocycles. The van der Waals surface area contributed by atoms with Gasteiger partial charge in [0, 0.05) is 11.5 Å². The molecule has 0 radical (unpaired) electrons. The second kappa shape index (κ2) is 4.84. The normalized spacial score (nSPS) is 15.3. The van der Waals surface area contributed by atoms with Crippen LogP contribution in [0, 0.1) is 5.82 Å². The Hall–Kier alpha value is -3.36. The van der Waals surface area contributed by atoms with E-state index in [0.29, 0.717) is 35.4 Å². The van der Waals surface area contributed by atoms with E-state index in [2.05, 4.69) is 25.2 Å². The Labute approximate surface area is 146 Å². The summed E-state index contributed by atoms with van der Waals surface area (Å²) in [5, 5.41) is 8.35. The van der Waals surface area contributed by atoms with E-state index in [0.717, 1.165) is 30.0 Å². The molecule has 6 rings (SSSR count). The Bertz CT molecular complexity index is 1150. The predicted octanol–water partition coefficient (Wildman–Crippen LogP) is 2.56. The summed E-state index contributed by atoms with van der Waals surface area (Å²) in [6, 6.07) is 4.60. The molecule has 1 fully saturated rings. The monoisotopic (exact) mass is 349 g/mol. The first-order valence-corrected chi connectivity index (χ1v) is 8.36. The van der Waals surface area contributed by atoms with E-state index < -0.39 is 0 Å². The Morgan fingerprint density at radius 1 is 1.19 bits per heavy atom. The molecule has 9 heteroatoms. The molecule has 1 aromatic carbocycles. The molecular weight excluding hydrogens is 337 g/mol. The molecule has 0 N–H and O–H groups in total. The number of imidazole rings is 1. The van der Waals surface area contributed by atoms with Crippen molar-refractivity contribution in [2.24, 2.45) is 0 Å². The third-order valence-electron chi connectivity index (χ3n) is 4.83. The molecule has 0 saturated heterocycles. The number of nitrogens with zero attached hydrogens (tertiary/aromatic N) is 7. The van der Waals surface area contributed by atoms with E-state index in [1.54, 1.807) is 17.1 Å². The Morgan fingerprint density at radius 2 is 2.12 bits per heavy atom. The lowest BCUT2D eigenvalue weighted by Gasteiger charge is -2.08. The number of hydrogen-bond acceptors (Lipinski definition) is 6. The van der Waals surface area contributed by atoms with Crippen molar-refractivity contribution in [3.63, 3.8) is 0 Å². The molecule has 0 unspecified atom stereocenters. The summed E-state index contributed by atoms with van der Waals surface area (Å²) in [5.74, 6) is 1.82. The topological polar surface area (TPSA) is 87.4 Å². The second-order valence-corrected chi connectivity index (χ2v) is 6.54. The van der Waals surface area contributed by atoms with Gasteiger partial charge in [0.2, 0.25) is 0 Å². The fourth-order valence-electron chi connectivity index (χ4n) is 3.38. The van der Waals surface area contributed by atoms with E-state index in [1.165, 1.54) is 18.5 Å². The van der Waals surface area contributed by atoms with Crippen LogP contribution in [-0.2, 0) is 6.54 Å². The summed E-state index contributed by atoms with van der Waals surface area (Å²) in [6.07, 6.45) is 5.35. The molecule has 8 nitrogen and oxygen atoms in total. The minimum Gasteiger partial charge on any atom is -0.332 e. The zero-order chi connectivity index (χ0) is 17.3. The molecule has 0 atom stereocenters. The van der Waals surface area contributed by atoms with Crippen LogP contribution in [0.4, 0.5) is 4.39 Å². The van der Waals surface area contributed by atoms with Crippen LogP contribution in [0.3, 0.4) is 0 Å².